The molecule has 0 aromatic heterocycles. The maximum atomic E-state index is 11.9. The van der Waals surface area contributed by atoms with E-state index in [1.807, 2.05) is 36.4 Å². The van der Waals surface area contributed by atoms with Gasteiger partial charge in [0, 0.05) is 22.3 Å². The third-order valence-electron chi connectivity index (χ3n) is 9.64. The smallest absolute Gasteiger partial charge is 0.493 e. The van der Waals surface area contributed by atoms with E-state index in [2.05, 4.69) is 116 Å². The van der Waals surface area contributed by atoms with Crippen molar-refractivity contribution in [2.45, 2.75) is 131 Å². The number of rotatable bonds is 16. The summed E-state index contributed by atoms with van der Waals surface area (Å²) in [5.74, 6) is 0. The molecule has 1 aliphatic rings. The first-order valence-electron chi connectivity index (χ1n) is 20.1. The summed E-state index contributed by atoms with van der Waals surface area (Å²) in [5, 5.41) is 0. The number of allylic oxidation sites excluding steroid dienone is 2. The van der Waals surface area contributed by atoms with Crippen LogP contribution >= 0.6 is 0 Å². The molecule has 2 nitrogen and oxygen atoms in total. The van der Waals surface area contributed by atoms with Gasteiger partial charge in [-0.3, -0.25) is 0 Å². The molecule has 1 heterocycles. The van der Waals surface area contributed by atoms with Gasteiger partial charge in [-0.25, -0.2) is 4.70 Å². The molecule has 286 valence electrons. The molecule has 53 heavy (non-hydrogen) atoms. The van der Waals surface area contributed by atoms with Gasteiger partial charge in [0.25, 0.3) is 0 Å². The molecule has 0 saturated heterocycles. The Hall–Kier alpha value is -3.38. The molecular weight excluding hydrogens is 735 g/mol. The third kappa shape index (κ3) is 14.8. The van der Waals surface area contributed by atoms with Crippen LogP contribution in [0.25, 0.3) is 16.9 Å². The number of nitrogens with zero attached hydrogens (tertiary/aromatic N) is 2. The van der Waals surface area contributed by atoms with Gasteiger partial charge in [-0.15, -0.1) is 0 Å². The quantitative estimate of drug-likeness (QED) is 0.0613. The molecule has 0 atom stereocenters. The average Bonchev–Trinajstić information content (AvgIpc) is 3.45. The zero-order valence-corrected chi connectivity index (χ0v) is 35.3. The van der Waals surface area contributed by atoms with Crippen LogP contribution in [-0.4, -0.2) is 4.70 Å². The Labute approximate surface area is 338 Å². The van der Waals surface area contributed by atoms with E-state index in [9.17, 15) is 5.53 Å². The number of unbranched alkanes of at least 4 members (excludes halogenated alkanes) is 4. The van der Waals surface area contributed by atoms with Crippen molar-refractivity contribution in [3.63, 3.8) is 0 Å². The molecule has 0 amide bonds. The van der Waals surface area contributed by atoms with Gasteiger partial charge in [0.1, 0.15) is 0 Å². The van der Waals surface area contributed by atoms with Crippen molar-refractivity contribution in [1.82, 2.24) is 0 Å². The van der Waals surface area contributed by atoms with Crippen LogP contribution in [0.4, 0.5) is 0 Å². The van der Waals surface area contributed by atoms with Gasteiger partial charge in [0.2, 0.25) is 11.4 Å². The first kappa shape index (κ1) is 45.8. The summed E-state index contributed by atoms with van der Waals surface area (Å²) in [6.45, 7) is 20.9. The molecule has 0 saturated carbocycles. The topological polar surface area (TPSA) is 25.3 Å². The van der Waals surface area contributed by atoms with Gasteiger partial charge >= 0.3 is 20.4 Å². The van der Waals surface area contributed by atoms with Crippen molar-refractivity contribution in [3.05, 3.63) is 172 Å². The summed E-state index contributed by atoms with van der Waals surface area (Å²) in [7, 11) is 0. The van der Waals surface area contributed by atoms with Crippen molar-refractivity contribution in [1.29, 1.82) is 0 Å². The first-order valence-corrected chi connectivity index (χ1v) is 20.1. The number of hydrogen-bond acceptors (Lipinski definition) is 0. The molecule has 0 fully saturated rings. The summed E-state index contributed by atoms with van der Waals surface area (Å²) in [4.78, 5) is 0. The van der Waals surface area contributed by atoms with E-state index in [0.29, 0.717) is 0 Å². The van der Waals surface area contributed by atoms with E-state index in [0.717, 1.165) is 81.2 Å². The molecule has 1 aliphatic heterocycles. The average molecular weight is 802 g/mol. The van der Waals surface area contributed by atoms with E-state index in [1.165, 1.54) is 75.8 Å². The molecule has 0 unspecified atom stereocenters. The minimum absolute atomic E-state index is 0. The van der Waals surface area contributed by atoms with Gasteiger partial charge < -0.3 is 19.4 Å². The molecule has 4 aromatic rings. The standard InChI is InChI=1S/C34H48N2.2C8H9.Pd/c1-7-11-15-27-22-28(16-12-8-2)24-30(23-27)34-32(18-14-10-4)31(17-13-9-3)33(36(34)35)29-20-25(5)19-26(6)21-29;2*1-2-8-6-4-3-5-7-8;/h19-24H,7-18H2,1-6H3;2*3-7H,1-2H2;/q;2*-1;+2. The Balaban J connectivity index is 0.000000466. The van der Waals surface area contributed by atoms with Gasteiger partial charge in [0.05, 0.1) is 0 Å². The molecule has 0 bridgehead atoms. The third-order valence-corrected chi connectivity index (χ3v) is 9.64. The van der Waals surface area contributed by atoms with Gasteiger partial charge in [-0.2, -0.15) is 12.8 Å². The molecule has 4 aromatic carbocycles. The fraction of sp³-hybridized carbons (Fsp3) is 0.400. The second kappa shape index (κ2) is 25.6. The summed E-state index contributed by atoms with van der Waals surface area (Å²) in [5.41, 5.74) is 26.9. The van der Waals surface area contributed by atoms with Gasteiger partial charge in [-0.05, 0) is 101 Å². The number of benzene rings is 4. The summed E-state index contributed by atoms with van der Waals surface area (Å²) < 4.78 is 1.56. The monoisotopic (exact) mass is 800 g/mol. The van der Waals surface area contributed by atoms with Crippen LogP contribution in [0.2, 0.25) is 0 Å². The molecule has 0 N–H and O–H groups in total. The molecule has 0 aliphatic carbocycles. The van der Waals surface area contributed by atoms with Crippen LogP contribution in [0.15, 0.2) is 108 Å². The van der Waals surface area contributed by atoms with E-state index in [4.69, 9.17) is 0 Å². The predicted molar refractivity (Wildman–Crippen MR) is 227 cm³/mol. The fourth-order valence-electron chi connectivity index (χ4n) is 6.84. The molecular formula is C50H66N2Pd. The largest absolute Gasteiger partial charge is 2.00 e. The van der Waals surface area contributed by atoms with Crippen molar-refractivity contribution in [2.75, 3.05) is 0 Å². The zero-order valence-electron chi connectivity index (χ0n) is 33.8. The summed E-state index contributed by atoms with van der Waals surface area (Å²) in [6, 6.07) is 34.3. The summed E-state index contributed by atoms with van der Waals surface area (Å²) >= 11 is 0. The van der Waals surface area contributed by atoms with Crippen LogP contribution in [0.5, 0.6) is 0 Å². The van der Waals surface area contributed by atoms with E-state index in [1.54, 1.807) is 4.70 Å². The van der Waals surface area contributed by atoms with Gasteiger partial charge in [-0.1, -0.05) is 148 Å². The van der Waals surface area contributed by atoms with Crippen molar-refractivity contribution in [2.24, 2.45) is 0 Å². The minimum atomic E-state index is 0. The van der Waals surface area contributed by atoms with E-state index >= 15 is 0 Å². The minimum Gasteiger partial charge on any atom is -0.493 e. The molecule has 3 heteroatoms. The number of hydrogen-bond donors (Lipinski definition) is 0. The SMILES string of the molecule is CCCCC1=C(c2cc(C)cc(C)c2)[N+](=[N-])C(c2cc(CCCC)cc(CCCC)c2)=C1CCCC.[CH2-]Cc1ccccc1.[CH2-]Cc1ccccc1.[Pd+2]. The first-order chi connectivity index (χ1) is 25.3. The van der Waals surface area contributed by atoms with Crippen molar-refractivity contribution in [3.8, 4) is 0 Å². The maximum absolute atomic E-state index is 11.9. The summed E-state index contributed by atoms with van der Waals surface area (Å²) in [6.07, 6.45) is 15.4. The molecule has 0 radical (unpaired) electrons. The molecule has 0 spiro atoms. The second-order valence-electron chi connectivity index (χ2n) is 14.3. The molecule has 5 rings (SSSR count). The Morgan fingerprint density at radius 2 is 0.830 bits per heavy atom. The fourth-order valence-corrected chi connectivity index (χ4v) is 6.84. The van der Waals surface area contributed by atoms with Crippen LogP contribution in [0, 0.1) is 27.7 Å². The normalized spacial score (nSPS) is 12.2. The van der Waals surface area contributed by atoms with Crippen LogP contribution in [0.3, 0.4) is 0 Å². The van der Waals surface area contributed by atoms with E-state index in [-0.39, 0.29) is 20.4 Å². The Morgan fingerprint density at radius 1 is 0.472 bits per heavy atom. The van der Waals surface area contributed by atoms with Crippen LogP contribution in [0.1, 0.15) is 136 Å². The Morgan fingerprint density at radius 3 is 1.17 bits per heavy atom. The van der Waals surface area contributed by atoms with Crippen molar-refractivity contribution < 1.29 is 25.1 Å². The van der Waals surface area contributed by atoms with Crippen LogP contribution in [-0.2, 0) is 46.1 Å². The maximum Gasteiger partial charge on any atom is 2.00 e. The predicted octanol–water partition coefficient (Wildman–Crippen LogP) is 14.7. The Kier molecular flexibility index (Phi) is 22.1. The second-order valence-corrected chi connectivity index (χ2v) is 14.3. The zero-order chi connectivity index (χ0) is 37.7. The van der Waals surface area contributed by atoms with Gasteiger partial charge in [0.15, 0.2) is 0 Å². The van der Waals surface area contributed by atoms with Crippen molar-refractivity contribution >= 4 is 11.4 Å². The van der Waals surface area contributed by atoms with Crippen LogP contribution < -0.4 is 0 Å². The Bertz CT molecular complexity index is 1630. The number of aryl methyl sites for hydroxylation is 4. The van der Waals surface area contributed by atoms with E-state index < -0.39 is 0 Å².